The highest BCUT2D eigenvalue weighted by atomic mass is 35.5. The Labute approximate surface area is 119 Å². The molecule has 1 aromatic carbocycles. The summed E-state index contributed by atoms with van der Waals surface area (Å²) in [4.78, 5) is 11.0. The number of carbonyl (C=O) groups excluding carboxylic acids is 1. The first-order valence-corrected chi connectivity index (χ1v) is 5.94. The molecule has 1 rings (SSSR count). The Morgan fingerprint density at radius 3 is 2.42 bits per heavy atom. The molecular weight excluding hydrogens is 268 g/mol. The molecule has 5 nitrogen and oxygen atoms in total. The summed E-state index contributed by atoms with van der Waals surface area (Å²) in [6.07, 6.45) is -0.627. The average molecular weight is 289 g/mol. The van der Waals surface area contributed by atoms with Gasteiger partial charge in [0.2, 0.25) is 5.91 Å². The molecule has 0 aliphatic carbocycles. The minimum atomic E-state index is -0.742. The van der Waals surface area contributed by atoms with Crippen LogP contribution >= 0.6 is 12.4 Å². The van der Waals surface area contributed by atoms with Crippen molar-refractivity contribution in [1.82, 2.24) is 5.32 Å². The highest BCUT2D eigenvalue weighted by Gasteiger charge is 2.09. The first kappa shape index (κ1) is 17.7. The minimum Gasteiger partial charge on any atom is -0.491 e. The van der Waals surface area contributed by atoms with Crippen molar-refractivity contribution in [3.05, 3.63) is 29.8 Å². The Morgan fingerprint density at radius 1 is 1.37 bits per heavy atom. The van der Waals surface area contributed by atoms with Crippen LogP contribution in [0.1, 0.15) is 25.5 Å². The fraction of sp³-hybridized carbons (Fsp3) is 0.462. The zero-order valence-corrected chi connectivity index (χ0v) is 11.9. The van der Waals surface area contributed by atoms with Gasteiger partial charge < -0.3 is 20.9 Å². The highest BCUT2D eigenvalue weighted by molar-refractivity contribution is 5.85. The molecule has 1 aromatic rings. The van der Waals surface area contributed by atoms with Crippen LogP contribution in [0, 0.1) is 0 Å². The van der Waals surface area contributed by atoms with E-state index < -0.39 is 6.10 Å². The zero-order chi connectivity index (χ0) is 13.5. The van der Waals surface area contributed by atoms with Gasteiger partial charge in [-0.3, -0.25) is 4.79 Å². The van der Waals surface area contributed by atoms with Crippen LogP contribution in [0.25, 0.3) is 0 Å². The lowest BCUT2D eigenvalue weighted by Gasteiger charge is -2.14. The number of aliphatic hydroxyl groups is 1. The van der Waals surface area contributed by atoms with Gasteiger partial charge >= 0.3 is 0 Å². The molecular formula is C13H21ClN2O3. The van der Waals surface area contributed by atoms with E-state index in [2.05, 4.69) is 5.32 Å². The number of hydrogen-bond acceptors (Lipinski definition) is 4. The van der Waals surface area contributed by atoms with Gasteiger partial charge in [-0.2, -0.15) is 0 Å². The second kappa shape index (κ2) is 8.74. The van der Waals surface area contributed by atoms with Crippen molar-refractivity contribution in [2.24, 2.45) is 5.73 Å². The second-order valence-electron chi connectivity index (χ2n) is 4.26. The van der Waals surface area contributed by atoms with Crippen molar-refractivity contribution in [3.8, 4) is 5.75 Å². The maximum Gasteiger partial charge on any atom is 0.233 e. The molecule has 4 N–H and O–H groups in total. The number of carbonyl (C=O) groups is 1. The topological polar surface area (TPSA) is 84.6 Å². The quantitative estimate of drug-likeness (QED) is 0.729. The van der Waals surface area contributed by atoms with Gasteiger partial charge in [0.05, 0.1) is 18.8 Å². The minimum absolute atomic E-state index is 0. The molecule has 1 amide bonds. The van der Waals surface area contributed by atoms with Gasteiger partial charge in [-0.05, 0) is 31.5 Å². The Hall–Kier alpha value is -1.30. The summed E-state index contributed by atoms with van der Waals surface area (Å²) in [5.41, 5.74) is 5.88. The third kappa shape index (κ3) is 6.42. The lowest BCUT2D eigenvalue weighted by atomic mass is 10.1. The van der Waals surface area contributed by atoms with Gasteiger partial charge in [0.1, 0.15) is 5.75 Å². The van der Waals surface area contributed by atoms with Crippen molar-refractivity contribution < 1.29 is 14.6 Å². The number of benzene rings is 1. The Bertz CT molecular complexity index is 382. The molecule has 19 heavy (non-hydrogen) atoms. The molecule has 0 aliphatic heterocycles. The normalized spacial score (nSPS) is 11.6. The summed E-state index contributed by atoms with van der Waals surface area (Å²) in [7, 11) is 0. The van der Waals surface area contributed by atoms with Crippen LogP contribution < -0.4 is 15.8 Å². The van der Waals surface area contributed by atoms with E-state index in [1.165, 1.54) is 0 Å². The van der Waals surface area contributed by atoms with Crippen molar-refractivity contribution in [1.29, 1.82) is 0 Å². The van der Waals surface area contributed by atoms with Crippen molar-refractivity contribution in [2.75, 3.05) is 13.1 Å². The SMILES string of the molecule is CC(C)Oc1ccc(C(O)CNC(=O)CN)cc1.Cl. The monoisotopic (exact) mass is 288 g/mol. The number of halogens is 1. The second-order valence-corrected chi connectivity index (χ2v) is 4.26. The van der Waals surface area contributed by atoms with Crippen LogP contribution in [0.2, 0.25) is 0 Å². The zero-order valence-electron chi connectivity index (χ0n) is 11.1. The Kier molecular flexibility index (Phi) is 8.14. The summed E-state index contributed by atoms with van der Waals surface area (Å²) in [6, 6.07) is 7.14. The largest absolute Gasteiger partial charge is 0.491 e. The van der Waals surface area contributed by atoms with Crippen LogP contribution in [-0.4, -0.2) is 30.2 Å². The van der Waals surface area contributed by atoms with Gasteiger partial charge in [-0.25, -0.2) is 0 Å². The standard InChI is InChI=1S/C13H20N2O3.ClH/c1-9(2)18-11-5-3-10(4-6-11)12(16)8-15-13(17)7-14;/h3-6,9,12,16H,7-8,14H2,1-2H3,(H,15,17);1H. The van der Waals surface area contributed by atoms with Crippen LogP contribution in [0.3, 0.4) is 0 Å². The van der Waals surface area contributed by atoms with Crippen molar-refractivity contribution >= 4 is 18.3 Å². The third-order valence-electron chi connectivity index (χ3n) is 2.31. The fourth-order valence-corrected chi connectivity index (χ4v) is 1.44. The molecule has 0 saturated heterocycles. The average Bonchev–Trinajstić information content (AvgIpc) is 2.35. The van der Waals surface area contributed by atoms with E-state index in [4.69, 9.17) is 10.5 Å². The van der Waals surface area contributed by atoms with Crippen LogP contribution in [0.5, 0.6) is 5.75 Å². The maximum atomic E-state index is 11.0. The van der Waals surface area contributed by atoms with E-state index >= 15 is 0 Å². The number of aliphatic hydroxyl groups excluding tert-OH is 1. The van der Waals surface area contributed by atoms with Gasteiger partial charge in [-0.15, -0.1) is 12.4 Å². The molecule has 0 spiro atoms. The van der Waals surface area contributed by atoms with Crippen LogP contribution in [-0.2, 0) is 4.79 Å². The Morgan fingerprint density at radius 2 is 1.95 bits per heavy atom. The van der Waals surface area contributed by atoms with E-state index in [0.717, 1.165) is 11.3 Å². The van der Waals surface area contributed by atoms with Gasteiger partial charge in [0, 0.05) is 6.54 Å². The van der Waals surface area contributed by atoms with Gasteiger partial charge in [-0.1, -0.05) is 12.1 Å². The van der Waals surface area contributed by atoms with Crippen LogP contribution in [0.4, 0.5) is 0 Å². The molecule has 0 radical (unpaired) electrons. The number of nitrogens with two attached hydrogens (primary N) is 1. The molecule has 1 unspecified atom stereocenters. The summed E-state index contributed by atoms with van der Waals surface area (Å²) in [5, 5.41) is 12.4. The molecule has 0 aromatic heterocycles. The number of hydrogen-bond donors (Lipinski definition) is 3. The molecule has 0 fully saturated rings. The summed E-state index contributed by atoms with van der Waals surface area (Å²) >= 11 is 0. The maximum absolute atomic E-state index is 11.0. The summed E-state index contributed by atoms with van der Waals surface area (Å²) < 4.78 is 5.50. The van der Waals surface area contributed by atoms with Crippen molar-refractivity contribution in [3.63, 3.8) is 0 Å². The molecule has 6 heteroatoms. The number of nitrogens with one attached hydrogen (secondary N) is 1. The molecule has 108 valence electrons. The van der Waals surface area contributed by atoms with Crippen LogP contribution in [0.15, 0.2) is 24.3 Å². The van der Waals surface area contributed by atoms with Gasteiger partial charge in [0.25, 0.3) is 0 Å². The molecule has 1 atom stereocenters. The molecule has 0 aliphatic rings. The van der Waals surface area contributed by atoms with E-state index in [9.17, 15) is 9.90 Å². The lowest BCUT2D eigenvalue weighted by Crippen LogP contribution is -2.33. The van der Waals surface area contributed by atoms with Crippen molar-refractivity contribution in [2.45, 2.75) is 26.1 Å². The molecule has 0 heterocycles. The number of rotatable bonds is 6. The third-order valence-corrected chi connectivity index (χ3v) is 2.31. The lowest BCUT2D eigenvalue weighted by molar-refractivity contribution is -0.120. The summed E-state index contributed by atoms with van der Waals surface area (Å²) in [6.45, 7) is 3.98. The van der Waals surface area contributed by atoms with E-state index in [1.54, 1.807) is 24.3 Å². The number of amides is 1. The van der Waals surface area contributed by atoms with E-state index in [-0.39, 0.29) is 37.5 Å². The number of ether oxygens (including phenoxy) is 1. The van der Waals surface area contributed by atoms with E-state index in [1.807, 2.05) is 13.8 Å². The smallest absolute Gasteiger partial charge is 0.233 e. The molecule has 0 bridgehead atoms. The molecule has 0 saturated carbocycles. The fourth-order valence-electron chi connectivity index (χ4n) is 1.44. The summed E-state index contributed by atoms with van der Waals surface area (Å²) in [5.74, 6) is 0.473. The highest BCUT2D eigenvalue weighted by Crippen LogP contribution is 2.18. The van der Waals surface area contributed by atoms with E-state index in [0.29, 0.717) is 0 Å². The predicted octanol–water partition coefficient (Wildman–Crippen LogP) is 1.00. The Balaban J connectivity index is 0.00000324. The predicted molar refractivity (Wildman–Crippen MR) is 76.5 cm³/mol. The first-order valence-electron chi connectivity index (χ1n) is 5.94. The first-order chi connectivity index (χ1) is 8.52. The van der Waals surface area contributed by atoms with Gasteiger partial charge in [0.15, 0.2) is 0 Å².